The number of halogens is 2. The van der Waals surface area contributed by atoms with Crippen LogP contribution < -0.4 is 0 Å². The monoisotopic (exact) mass is 304 g/mol. The average Bonchev–Trinajstić information content (AvgIpc) is 2.90. The van der Waals surface area contributed by atoms with Gasteiger partial charge in [-0.2, -0.15) is 0 Å². The van der Waals surface area contributed by atoms with Gasteiger partial charge in [-0.15, -0.1) is 0 Å². The molecule has 102 valence electrons. The van der Waals surface area contributed by atoms with Gasteiger partial charge in [-0.25, -0.2) is 0 Å². The average molecular weight is 305 g/mol. The molecule has 0 fully saturated rings. The van der Waals surface area contributed by atoms with E-state index in [1.165, 1.54) is 17.5 Å². The first-order valence-electron chi connectivity index (χ1n) is 6.72. The SMILES string of the molecule is O=C(Cc1ccc(Cl)c(Cl)c1)c1ccc2c(c1)CCC2. The number of hydrogen-bond acceptors (Lipinski definition) is 1. The Labute approximate surface area is 128 Å². The van der Waals surface area contributed by atoms with Crippen molar-refractivity contribution in [3.63, 3.8) is 0 Å². The van der Waals surface area contributed by atoms with E-state index in [1.807, 2.05) is 18.2 Å². The van der Waals surface area contributed by atoms with E-state index in [9.17, 15) is 4.79 Å². The summed E-state index contributed by atoms with van der Waals surface area (Å²) in [6.45, 7) is 0. The standard InChI is InChI=1S/C17H14Cl2O/c18-15-7-4-11(8-16(15)19)9-17(20)14-6-5-12-2-1-3-13(12)10-14/h4-8,10H,1-3,9H2. The maximum Gasteiger partial charge on any atom is 0.167 e. The molecule has 0 saturated carbocycles. The van der Waals surface area contributed by atoms with Gasteiger partial charge in [0.15, 0.2) is 5.78 Å². The first-order chi connectivity index (χ1) is 9.63. The Hall–Kier alpha value is -1.31. The van der Waals surface area contributed by atoms with Gasteiger partial charge in [0, 0.05) is 12.0 Å². The van der Waals surface area contributed by atoms with E-state index < -0.39 is 0 Å². The topological polar surface area (TPSA) is 17.1 Å². The number of hydrogen-bond donors (Lipinski definition) is 0. The molecule has 1 aliphatic rings. The van der Waals surface area contributed by atoms with Crippen molar-refractivity contribution in [1.82, 2.24) is 0 Å². The highest BCUT2D eigenvalue weighted by molar-refractivity contribution is 6.42. The molecule has 3 heteroatoms. The number of ketones is 1. The van der Waals surface area contributed by atoms with Gasteiger partial charge in [-0.1, -0.05) is 41.4 Å². The molecule has 1 nitrogen and oxygen atoms in total. The van der Waals surface area contributed by atoms with Crippen molar-refractivity contribution in [3.8, 4) is 0 Å². The van der Waals surface area contributed by atoms with Crippen molar-refractivity contribution in [2.45, 2.75) is 25.7 Å². The van der Waals surface area contributed by atoms with Crippen LogP contribution in [-0.4, -0.2) is 5.78 Å². The summed E-state index contributed by atoms with van der Waals surface area (Å²) in [6.07, 6.45) is 3.77. The van der Waals surface area contributed by atoms with Crippen LogP contribution in [0.3, 0.4) is 0 Å². The Morgan fingerprint density at radius 2 is 1.75 bits per heavy atom. The fraction of sp³-hybridized carbons (Fsp3) is 0.235. The first kappa shape index (κ1) is 13.7. The molecule has 0 N–H and O–H groups in total. The zero-order valence-electron chi connectivity index (χ0n) is 11.0. The van der Waals surface area contributed by atoms with Crippen LogP contribution in [0.2, 0.25) is 10.0 Å². The van der Waals surface area contributed by atoms with Gasteiger partial charge in [0.05, 0.1) is 10.0 Å². The number of Topliss-reactive ketones (excluding diaryl/α,β-unsaturated/α-hetero) is 1. The van der Waals surface area contributed by atoms with Gasteiger partial charge in [0.25, 0.3) is 0 Å². The summed E-state index contributed by atoms with van der Waals surface area (Å²) in [4.78, 5) is 12.3. The lowest BCUT2D eigenvalue weighted by Gasteiger charge is -2.06. The van der Waals surface area contributed by atoms with Crippen LogP contribution in [0.15, 0.2) is 36.4 Å². The second-order valence-electron chi connectivity index (χ2n) is 5.19. The predicted octanol–water partition coefficient (Wildman–Crippen LogP) is 4.91. The highest BCUT2D eigenvalue weighted by Crippen LogP contribution is 2.25. The molecule has 0 heterocycles. The smallest absolute Gasteiger partial charge is 0.167 e. The fourth-order valence-corrected chi connectivity index (χ4v) is 3.00. The van der Waals surface area contributed by atoms with Crippen LogP contribution in [-0.2, 0) is 19.3 Å². The molecule has 0 bridgehead atoms. The summed E-state index contributed by atoms with van der Waals surface area (Å²) in [5, 5.41) is 1.01. The minimum absolute atomic E-state index is 0.123. The van der Waals surface area contributed by atoms with Crippen LogP contribution in [0.4, 0.5) is 0 Å². The zero-order chi connectivity index (χ0) is 14.1. The summed E-state index contributed by atoms with van der Waals surface area (Å²) < 4.78 is 0. The number of benzene rings is 2. The van der Waals surface area contributed by atoms with E-state index in [-0.39, 0.29) is 5.78 Å². The maximum atomic E-state index is 12.3. The van der Waals surface area contributed by atoms with Crippen molar-refractivity contribution in [2.75, 3.05) is 0 Å². The van der Waals surface area contributed by atoms with Gasteiger partial charge in [-0.3, -0.25) is 4.79 Å². The lowest BCUT2D eigenvalue weighted by molar-refractivity contribution is 0.0993. The second kappa shape index (κ2) is 5.59. The Kier molecular flexibility index (Phi) is 3.82. The van der Waals surface area contributed by atoms with Gasteiger partial charge in [0.2, 0.25) is 0 Å². The Bertz CT molecular complexity index is 677. The minimum Gasteiger partial charge on any atom is -0.294 e. The van der Waals surface area contributed by atoms with Gasteiger partial charge >= 0.3 is 0 Å². The summed E-state index contributed by atoms with van der Waals surface area (Å²) in [5.74, 6) is 0.123. The highest BCUT2D eigenvalue weighted by Gasteiger charge is 2.14. The Morgan fingerprint density at radius 3 is 2.55 bits per heavy atom. The van der Waals surface area contributed by atoms with E-state index in [4.69, 9.17) is 23.2 Å². The van der Waals surface area contributed by atoms with Crippen molar-refractivity contribution >= 4 is 29.0 Å². The van der Waals surface area contributed by atoms with Crippen LogP contribution in [0.25, 0.3) is 0 Å². The zero-order valence-corrected chi connectivity index (χ0v) is 12.5. The molecular weight excluding hydrogens is 291 g/mol. The molecule has 2 aromatic rings. The molecule has 0 radical (unpaired) electrons. The normalized spacial score (nSPS) is 13.3. The van der Waals surface area contributed by atoms with Crippen molar-refractivity contribution in [2.24, 2.45) is 0 Å². The van der Waals surface area contributed by atoms with Gasteiger partial charge < -0.3 is 0 Å². The minimum atomic E-state index is 0.123. The van der Waals surface area contributed by atoms with E-state index in [1.54, 1.807) is 12.1 Å². The van der Waals surface area contributed by atoms with Crippen LogP contribution >= 0.6 is 23.2 Å². The third kappa shape index (κ3) is 2.74. The van der Waals surface area contributed by atoms with Crippen LogP contribution in [0.5, 0.6) is 0 Å². The highest BCUT2D eigenvalue weighted by atomic mass is 35.5. The molecule has 0 aliphatic heterocycles. The molecule has 0 saturated heterocycles. The molecule has 3 rings (SSSR count). The largest absolute Gasteiger partial charge is 0.294 e. The molecular formula is C17H14Cl2O. The number of rotatable bonds is 3. The third-order valence-corrected chi connectivity index (χ3v) is 4.51. The second-order valence-corrected chi connectivity index (χ2v) is 6.00. The predicted molar refractivity (Wildman–Crippen MR) is 83.0 cm³/mol. The van der Waals surface area contributed by atoms with Crippen molar-refractivity contribution < 1.29 is 4.79 Å². The summed E-state index contributed by atoms with van der Waals surface area (Å²) in [6, 6.07) is 11.4. The van der Waals surface area contributed by atoms with Crippen molar-refractivity contribution in [1.29, 1.82) is 0 Å². The molecule has 0 amide bonds. The Morgan fingerprint density at radius 1 is 0.950 bits per heavy atom. The summed E-state index contributed by atoms with van der Waals surface area (Å²) >= 11 is 11.9. The number of carbonyl (C=O) groups is 1. The lowest BCUT2D eigenvalue weighted by Crippen LogP contribution is -2.04. The van der Waals surface area contributed by atoms with Crippen LogP contribution in [0.1, 0.15) is 33.5 Å². The molecule has 1 aliphatic carbocycles. The fourth-order valence-electron chi connectivity index (χ4n) is 2.68. The molecule has 0 aromatic heterocycles. The Balaban J connectivity index is 1.80. The van der Waals surface area contributed by atoms with E-state index >= 15 is 0 Å². The molecule has 0 unspecified atom stereocenters. The van der Waals surface area contributed by atoms with E-state index in [2.05, 4.69) is 6.07 Å². The summed E-state index contributed by atoms with van der Waals surface area (Å²) in [7, 11) is 0. The van der Waals surface area contributed by atoms with Gasteiger partial charge in [-0.05, 0) is 54.2 Å². The quantitative estimate of drug-likeness (QED) is 0.737. The van der Waals surface area contributed by atoms with Crippen molar-refractivity contribution in [3.05, 3.63) is 68.7 Å². The summed E-state index contributed by atoms with van der Waals surface area (Å²) in [5.41, 5.74) is 4.39. The molecule has 2 aromatic carbocycles. The number of fused-ring (bicyclic) bond motifs is 1. The first-order valence-corrected chi connectivity index (χ1v) is 7.48. The molecule has 0 spiro atoms. The molecule has 20 heavy (non-hydrogen) atoms. The maximum absolute atomic E-state index is 12.3. The lowest BCUT2D eigenvalue weighted by atomic mass is 9.99. The van der Waals surface area contributed by atoms with E-state index in [0.717, 1.165) is 24.0 Å². The van der Waals surface area contributed by atoms with Crippen LogP contribution in [0, 0.1) is 0 Å². The number of carbonyl (C=O) groups excluding carboxylic acids is 1. The van der Waals surface area contributed by atoms with Gasteiger partial charge in [0.1, 0.15) is 0 Å². The number of aryl methyl sites for hydroxylation is 2. The molecule has 0 atom stereocenters. The van der Waals surface area contributed by atoms with E-state index in [0.29, 0.717) is 16.5 Å². The third-order valence-electron chi connectivity index (χ3n) is 3.77.